The molecule has 0 N–H and O–H groups in total. The van der Waals surface area contributed by atoms with Crippen LogP contribution in [0.15, 0.2) is 176 Å². The van der Waals surface area contributed by atoms with E-state index >= 15 is 0 Å². The molecule has 236 valence electrons. The molecule has 0 radical (unpaired) electrons. The van der Waals surface area contributed by atoms with Crippen molar-refractivity contribution in [1.82, 2.24) is 0 Å². The summed E-state index contributed by atoms with van der Waals surface area (Å²) in [5, 5.41) is 10.2. The average Bonchev–Trinajstić information content (AvgIpc) is 3.17. The Balaban J connectivity index is 1.16. The number of benzene rings is 9. The van der Waals surface area contributed by atoms with Crippen molar-refractivity contribution in [3.05, 3.63) is 187 Å². The van der Waals surface area contributed by atoms with Crippen molar-refractivity contribution in [3.63, 3.8) is 0 Å². The molecular formula is C49H35N. The molecule has 1 heteroatoms. The highest BCUT2D eigenvalue weighted by atomic mass is 15.2. The molecule has 0 atom stereocenters. The van der Waals surface area contributed by atoms with Gasteiger partial charge >= 0.3 is 0 Å². The van der Waals surface area contributed by atoms with Gasteiger partial charge in [0, 0.05) is 11.1 Å². The van der Waals surface area contributed by atoms with E-state index in [1.165, 1.54) is 93.5 Å². The topological polar surface area (TPSA) is 3.24 Å². The highest BCUT2D eigenvalue weighted by Gasteiger charge is 2.36. The van der Waals surface area contributed by atoms with Crippen LogP contribution in [-0.4, -0.2) is 0 Å². The molecule has 9 aromatic carbocycles. The minimum atomic E-state index is -0.0798. The quantitative estimate of drug-likeness (QED) is 0.174. The molecule has 50 heavy (non-hydrogen) atoms. The van der Waals surface area contributed by atoms with Crippen molar-refractivity contribution in [2.75, 3.05) is 4.90 Å². The summed E-state index contributed by atoms with van der Waals surface area (Å²) in [5.41, 5.74) is 11.2. The second-order valence-corrected chi connectivity index (χ2v) is 14.1. The third kappa shape index (κ3) is 4.27. The summed E-state index contributed by atoms with van der Waals surface area (Å²) in [5.74, 6) is 0. The van der Waals surface area contributed by atoms with Gasteiger partial charge in [-0.25, -0.2) is 0 Å². The zero-order valence-corrected chi connectivity index (χ0v) is 28.2. The highest BCUT2D eigenvalue weighted by molar-refractivity contribution is 6.25. The van der Waals surface area contributed by atoms with E-state index in [0.29, 0.717) is 0 Å². The summed E-state index contributed by atoms with van der Waals surface area (Å²) in [6, 6.07) is 65.0. The highest BCUT2D eigenvalue weighted by Crippen LogP contribution is 2.52. The van der Waals surface area contributed by atoms with Crippen molar-refractivity contribution >= 4 is 60.2 Å². The van der Waals surface area contributed by atoms with E-state index in [1.807, 2.05) is 0 Å². The first-order chi connectivity index (χ1) is 24.6. The third-order valence-corrected chi connectivity index (χ3v) is 11.0. The number of nitrogens with zero attached hydrogens (tertiary/aromatic N) is 1. The number of anilines is 3. The fourth-order valence-corrected chi connectivity index (χ4v) is 8.55. The molecule has 0 fully saturated rings. The number of hydrogen-bond acceptors (Lipinski definition) is 1. The molecule has 10 rings (SSSR count). The molecule has 0 aromatic heterocycles. The molecule has 0 amide bonds. The van der Waals surface area contributed by atoms with E-state index in [-0.39, 0.29) is 5.41 Å². The smallest absolute Gasteiger partial charge is 0.0502 e. The zero-order valence-electron chi connectivity index (χ0n) is 28.2. The van der Waals surface area contributed by atoms with Crippen LogP contribution in [0.4, 0.5) is 17.1 Å². The molecule has 9 aromatic rings. The maximum atomic E-state index is 2.43. The van der Waals surface area contributed by atoms with E-state index in [2.05, 4.69) is 195 Å². The summed E-state index contributed by atoms with van der Waals surface area (Å²) in [4.78, 5) is 2.43. The van der Waals surface area contributed by atoms with Gasteiger partial charge in [-0.05, 0) is 119 Å². The Kier molecular flexibility index (Phi) is 6.29. The molecule has 0 spiro atoms. The van der Waals surface area contributed by atoms with E-state index < -0.39 is 0 Å². The second-order valence-electron chi connectivity index (χ2n) is 14.1. The lowest BCUT2D eigenvalue weighted by atomic mass is 9.73. The molecule has 1 heterocycles. The molecule has 1 aliphatic rings. The zero-order chi connectivity index (χ0) is 33.4. The number of fused-ring (bicyclic) bond motifs is 8. The monoisotopic (exact) mass is 637 g/mol. The maximum absolute atomic E-state index is 2.43. The first-order valence-corrected chi connectivity index (χ1v) is 17.5. The van der Waals surface area contributed by atoms with Crippen LogP contribution in [0.5, 0.6) is 0 Å². The summed E-state index contributed by atoms with van der Waals surface area (Å²) < 4.78 is 0. The van der Waals surface area contributed by atoms with Gasteiger partial charge in [0.1, 0.15) is 0 Å². The Morgan fingerprint density at radius 1 is 0.380 bits per heavy atom. The normalized spacial score (nSPS) is 13.5. The van der Waals surface area contributed by atoms with Gasteiger partial charge in [-0.3, -0.25) is 0 Å². The molecule has 0 bridgehead atoms. The van der Waals surface area contributed by atoms with Crippen LogP contribution in [0.1, 0.15) is 25.0 Å². The summed E-state index contributed by atoms with van der Waals surface area (Å²) in [7, 11) is 0. The predicted molar refractivity (Wildman–Crippen MR) is 214 cm³/mol. The van der Waals surface area contributed by atoms with Crippen molar-refractivity contribution in [3.8, 4) is 22.3 Å². The lowest BCUT2D eigenvalue weighted by Gasteiger charge is -2.42. The van der Waals surface area contributed by atoms with Crippen LogP contribution in [0.25, 0.3) is 65.3 Å². The van der Waals surface area contributed by atoms with Gasteiger partial charge in [0.15, 0.2) is 0 Å². The van der Waals surface area contributed by atoms with Crippen LogP contribution < -0.4 is 4.90 Å². The standard InChI is InChI=1S/C49H35N/c1-49(2)44-19-9-11-21-46(44)50(47-22-12-10-20-45(47)49)37-27-25-33(26-28-37)42-30-36-31-43(35-24-23-32-13-3-4-14-34(32)29-35)39-16-6-8-18-41(39)48(36)40-17-7-5-15-38(40)42/h3-31H,1-2H3. The average molecular weight is 638 g/mol. The van der Waals surface area contributed by atoms with Crippen molar-refractivity contribution < 1.29 is 0 Å². The fourth-order valence-electron chi connectivity index (χ4n) is 8.55. The number of rotatable bonds is 3. The van der Waals surface area contributed by atoms with Crippen LogP contribution in [0.2, 0.25) is 0 Å². The van der Waals surface area contributed by atoms with Gasteiger partial charge in [0.2, 0.25) is 0 Å². The van der Waals surface area contributed by atoms with Crippen LogP contribution >= 0.6 is 0 Å². The van der Waals surface area contributed by atoms with Gasteiger partial charge in [-0.1, -0.05) is 147 Å². The summed E-state index contributed by atoms with van der Waals surface area (Å²) in [6.45, 7) is 4.68. The van der Waals surface area contributed by atoms with Crippen LogP contribution in [0, 0.1) is 0 Å². The SMILES string of the molecule is CC1(C)c2ccccc2N(c2ccc(-c3cc4cc(-c5ccc6ccccc6c5)c5ccccc5c4c4ccccc34)cc2)c2ccccc21. The summed E-state index contributed by atoms with van der Waals surface area (Å²) in [6.07, 6.45) is 0. The molecular weight excluding hydrogens is 603 g/mol. The van der Waals surface area contributed by atoms with Crippen LogP contribution in [0.3, 0.4) is 0 Å². The third-order valence-electron chi connectivity index (χ3n) is 11.0. The van der Waals surface area contributed by atoms with Gasteiger partial charge in [-0.2, -0.15) is 0 Å². The summed E-state index contributed by atoms with van der Waals surface area (Å²) >= 11 is 0. The van der Waals surface area contributed by atoms with Crippen LogP contribution in [-0.2, 0) is 5.41 Å². The second kappa shape index (κ2) is 10.9. The van der Waals surface area contributed by atoms with Crippen molar-refractivity contribution in [2.45, 2.75) is 19.3 Å². The predicted octanol–water partition coefficient (Wildman–Crippen LogP) is 13.7. The first kappa shape index (κ1) is 28.8. The van der Waals surface area contributed by atoms with Gasteiger partial charge < -0.3 is 4.90 Å². The van der Waals surface area contributed by atoms with Crippen molar-refractivity contribution in [2.24, 2.45) is 0 Å². The molecule has 0 aliphatic carbocycles. The van der Waals surface area contributed by atoms with Gasteiger partial charge in [0.25, 0.3) is 0 Å². The largest absolute Gasteiger partial charge is 0.310 e. The van der Waals surface area contributed by atoms with Gasteiger partial charge in [0.05, 0.1) is 11.4 Å². The molecule has 1 nitrogen and oxygen atoms in total. The Morgan fingerprint density at radius 3 is 1.48 bits per heavy atom. The minimum Gasteiger partial charge on any atom is -0.310 e. The van der Waals surface area contributed by atoms with E-state index in [4.69, 9.17) is 0 Å². The Morgan fingerprint density at radius 2 is 0.860 bits per heavy atom. The maximum Gasteiger partial charge on any atom is 0.0502 e. The molecule has 0 saturated carbocycles. The first-order valence-electron chi connectivity index (χ1n) is 17.5. The van der Waals surface area contributed by atoms with Crippen molar-refractivity contribution in [1.29, 1.82) is 0 Å². The van der Waals surface area contributed by atoms with E-state index in [0.717, 1.165) is 0 Å². The fraction of sp³-hybridized carbons (Fsp3) is 0.0612. The molecule has 0 saturated heterocycles. The number of hydrogen-bond donors (Lipinski definition) is 0. The van der Waals surface area contributed by atoms with E-state index in [1.54, 1.807) is 0 Å². The lowest BCUT2D eigenvalue weighted by Crippen LogP contribution is -2.30. The molecule has 1 aliphatic heterocycles. The van der Waals surface area contributed by atoms with Gasteiger partial charge in [-0.15, -0.1) is 0 Å². The number of para-hydroxylation sites is 2. The minimum absolute atomic E-state index is 0.0798. The Labute approximate surface area is 292 Å². The molecule has 0 unspecified atom stereocenters. The van der Waals surface area contributed by atoms with E-state index in [9.17, 15) is 0 Å². The Hall–Kier alpha value is -6.18. The Bertz CT molecular complexity index is 2740. The lowest BCUT2D eigenvalue weighted by molar-refractivity contribution is 0.632.